The van der Waals surface area contributed by atoms with Crippen molar-refractivity contribution in [2.45, 2.75) is 6.61 Å². The zero-order valence-electron chi connectivity index (χ0n) is 15.0. The smallest absolute Gasteiger partial charge is 0.133 e. The van der Waals surface area contributed by atoms with Gasteiger partial charge in [0.05, 0.1) is 31.7 Å². The molecule has 1 aliphatic rings. The van der Waals surface area contributed by atoms with E-state index in [4.69, 9.17) is 9.72 Å². The molecular formula is C21H22N4O2. The van der Waals surface area contributed by atoms with E-state index in [1.807, 2.05) is 42.5 Å². The Morgan fingerprint density at radius 2 is 1.93 bits per heavy atom. The van der Waals surface area contributed by atoms with Gasteiger partial charge in [0.25, 0.3) is 0 Å². The lowest BCUT2D eigenvalue weighted by Gasteiger charge is -2.28. The molecule has 0 atom stereocenters. The van der Waals surface area contributed by atoms with Gasteiger partial charge in [-0.3, -0.25) is 4.98 Å². The molecule has 2 N–H and O–H groups in total. The van der Waals surface area contributed by atoms with Crippen LogP contribution >= 0.6 is 0 Å². The third kappa shape index (κ3) is 4.24. The highest BCUT2D eigenvalue weighted by atomic mass is 16.5. The molecule has 0 saturated carbocycles. The van der Waals surface area contributed by atoms with Gasteiger partial charge < -0.3 is 20.1 Å². The summed E-state index contributed by atoms with van der Waals surface area (Å²) in [5.41, 5.74) is 3.87. The van der Waals surface area contributed by atoms with Crippen LogP contribution in [0.4, 0.5) is 17.3 Å². The number of aromatic nitrogens is 2. The third-order valence-electron chi connectivity index (χ3n) is 4.52. The number of nitrogens with one attached hydrogen (secondary N) is 1. The molecule has 27 heavy (non-hydrogen) atoms. The third-order valence-corrected chi connectivity index (χ3v) is 4.52. The predicted molar refractivity (Wildman–Crippen MR) is 106 cm³/mol. The number of benzene rings is 1. The van der Waals surface area contributed by atoms with Gasteiger partial charge in [-0.15, -0.1) is 0 Å². The Labute approximate surface area is 158 Å². The van der Waals surface area contributed by atoms with Gasteiger partial charge in [0.1, 0.15) is 11.6 Å². The first-order chi connectivity index (χ1) is 13.3. The average Bonchev–Trinajstić information content (AvgIpc) is 2.75. The Hall–Kier alpha value is -2.96. The van der Waals surface area contributed by atoms with Crippen LogP contribution in [0, 0.1) is 0 Å². The van der Waals surface area contributed by atoms with Crippen molar-refractivity contribution in [3.05, 3.63) is 66.5 Å². The minimum atomic E-state index is 0.0238. The Kier molecular flexibility index (Phi) is 5.27. The van der Waals surface area contributed by atoms with Crippen molar-refractivity contribution in [1.82, 2.24) is 9.97 Å². The Morgan fingerprint density at radius 3 is 2.70 bits per heavy atom. The zero-order chi connectivity index (χ0) is 18.5. The minimum Gasteiger partial charge on any atom is -0.392 e. The number of aliphatic hydroxyl groups is 1. The van der Waals surface area contributed by atoms with E-state index in [0.717, 1.165) is 47.1 Å². The Balaban J connectivity index is 1.73. The fourth-order valence-electron chi connectivity index (χ4n) is 3.13. The van der Waals surface area contributed by atoms with E-state index in [-0.39, 0.29) is 6.61 Å². The van der Waals surface area contributed by atoms with E-state index < -0.39 is 0 Å². The number of nitrogens with zero attached hydrogens (tertiary/aromatic N) is 3. The first-order valence-corrected chi connectivity index (χ1v) is 9.04. The molecule has 3 heterocycles. The van der Waals surface area contributed by atoms with E-state index in [0.29, 0.717) is 13.2 Å². The molecule has 0 unspecified atom stereocenters. The number of morpholine rings is 1. The van der Waals surface area contributed by atoms with Gasteiger partial charge >= 0.3 is 0 Å². The van der Waals surface area contributed by atoms with Gasteiger partial charge in [0.2, 0.25) is 0 Å². The molecule has 6 nitrogen and oxygen atoms in total. The second kappa shape index (κ2) is 8.16. The fourth-order valence-corrected chi connectivity index (χ4v) is 3.13. The predicted octanol–water partition coefficient (Wildman–Crippen LogP) is 3.22. The van der Waals surface area contributed by atoms with Crippen LogP contribution in [-0.2, 0) is 11.3 Å². The van der Waals surface area contributed by atoms with E-state index in [2.05, 4.69) is 21.3 Å². The topological polar surface area (TPSA) is 70.5 Å². The molecule has 0 amide bonds. The second-order valence-electron chi connectivity index (χ2n) is 6.42. The van der Waals surface area contributed by atoms with E-state index >= 15 is 0 Å². The molecule has 1 fully saturated rings. The van der Waals surface area contributed by atoms with Crippen LogP contribution in [0.1, 0.15) is 5.56 Å². The molecule has 0 radical (unpaired) electrons. The Morgan fingerprint density at radius 1 is 1.04 bits per heavy atom. The van der Waals surface area contributed by atoms with Crippen LogP contribution in [0.25, 0.3) is 11.1 Å². The van der Waals surface area contributed by atoms with Crippen LogP contribution in [0.5, 0.6) is 0 Å². The summed E-state index contributed by atoms with van der Waals surface area (Å²) in [7, 11) is 0. The summed E-state index contributed by atoms with van der Waals surface area (Å²) in [6.07, 6.45) is 3.52. The quantitative estimate of drug-likeness (QED) is 0.726. The first kappa shape index (κ1) is 17.5. The van der Waals surface area contributed by atoms with Crippen molar-refractivity contribution >= 4 is 17.3 Å². The molecule has 1 aliphatic heterocycles. The highest BCUT2D eigenvalue weighted by molar-refractivity contribution is 5.73. The number of hydrogen-bond acceptors (Lipinski definition) is 6. The molecule has 1 saturated heterocycles. The van der Waals surface area contributed by atoms with E-state index in [9.17, 15) is 5.11 Å². The number of aliphatic hydroxyl groups excluding tert-OH is 1. The molecule has 4 rings (SSSR count). The summed E-state index contributed by atoms with van der Waals surface area (Å²) in [6.45, 7) is 3.07. The van der Waals surface area contributed by atoms with Gasteiger partial charge in [-0.25, -0.2) is 4.98 Å². The van der Waals surface area contributed by atoms with Gasteiger partial charge in [0, 0.05) is 19.3 Å². The average molecular weight is 362 g/mol. The number of anilines is 3. The van der Waals surface area contributed by atoms with Crippen molar-refractivity contribution in [3.8, 4) is 11.1 Å². The summed E-state index contributed by atoms with van der Waals surface area (Å²) in [5.74, 6) is 1.67. The molecule has 3 aromatic rings. The molecule has 0 aliphatic carbocycles. The highest BCUT2D eigenvalue weighted by Crippen LogP contribution is 2.29. The molecule has 0 bridgehead atoms. The molecule has 6 heteroatoms. The standard InChI is InChI=1S/C21H22N4O2/c26-15-16-3-1-4-17(11-16)18-12-20(23-19-5-2-6-22-14-19)24-21(13-18)25-7-9-27-10-8-25/h1-6,11-14,26H,7-10,15H2,(H,23,24). The van der Waals surface area contributed by atoms with Crippen LogP contribution in [0.3, 0.4) is 0 Å². The van der Waals surface area contributed by atoms with Crippen molar-refractivity contribution in [3.63, 3.8) is 0 Å². The van der Waals surface area contributed by atoms with Crippen LogP contribution in [-0.4, -0.2) is 41.4 Å². The number of rotatable bonds is 5. The summed E-state index contributed by atoms with van der Waals surface area (Å²) in [6, 6.07) is 15.9. The number of ether oxygens (including phenoxy) is 1. The lowest BCUT2D eigenvalue weighted by molar-refractivity contribution is 0.122. The normalized spacial score (nSPS) is 14.2. The number of pyridine rings is 2. The highest BCUT2D eigenvalue weighted by Gasteiger charge is 2.15. The fraction of sp³-hybridized carbons (Fsp3) is 0.238. The zero-order valence-corrected chi connectivity index (χ0v) is 15.0. The Bertz CT molecular complexity index is 896. The molecule has 2 aromatic heterocycles. The summed E-state index contributed by atoms with van der Waals surface area (Å²) < 4.78 is 5.47. The maximum Gasteiger partial charge on any atom is 0.133 e. The van der Waals surface area contributed by atoms with Crippen molar-refractivity contribution in [2.75, 3.05) is 36.5 Å². The summed E-state index contributed by atoms with van der Waals surface area (Å²) in [4.78, 5) is 11.2. The van der Waals surface area contributed by atoms with Gasteiger partial charge in [-0.2, -0.15) is 0 Å². The maximum atomic E-state index is 9.46. The van der Waals surface area contributed by atoms with E-state index in [1.54, 1.807) is 12.4 Å². The lowest BCUT2D eigenvalue weighted by Crippen LogP contribution is -2.36. The summed E-state index contributed by atoms with van der Waals surface area (Å²) in [5, 5.41) is 12.8. The maximum absolute atomic E-state index is 9.46. The van der Waals surface area contributed by atoms with Crippen LogP contribution in [0.2, 0.25) is 0 Å². The molecular weight excluding hydrogens is 340 g/mol. The van der Waals surface area contributed by atoms with Crippen molar-refractivity contribution in [2.24, 2.45) is 0 Å². The van der Waals surface area contributed by atoms with Gasteiger partial charge in [-0.05, 0) is 47.0 Å². The lowest BCUT2D eigenvalue weighted by atomic mass is 10.0. The first-order valence-electron chi connectivity index (χ1n) is 9.04. The second-order valence-corrected chi connectivity index (χ2v) is 6.42. The monoisotopic (exact) mass is 362 g/mol. The number of hydrogen-bond donors (Lipinski definition) is 2. The van der Waals surface area contributed by atoms with Gasteiger partial charge in [-0.1, -0.05) is 18.2 Å². The largest absolute Gasteiger partial charge is 0.392 e. The molecule has 0 spiro atoms. The SMILES string of the molecule is OCc1cccc(-c2cc(Nc3cccnc3)nc(N3CCOCC3)c2)c1. The molecule has 1 aromatic carbocycles. The van der Waals surface area contributed by atoms with Crippen LogP contribution in [0.15, 0.2) is 60.9 Å². The molecule has 138 valence electrons. The van der Waals surface area contributed by atoms with Crippen molar-refractivity contribution < 1.29 is 9.84 Å². The van der Waals surface area contributed by atoms with Crippen molar-refractivity contribution in [1.29, 1.82) is 0 Å². The summed E-state index contributed by atoms with van der Waals surface area (Å²) >= 11 is 0. The minimum absolute atomic E-state index is 0.0238. The van der Waals surface area contributed by atoms with Gasteiger partial charge in [0.15, 0.2) is 0 Å². The van der Waals surface area contributed by atoms with E-state index in [1.165, 1.54) is 0 Å². The van der Waals surface area contributed by atoms with Crippen LogP contribution < -0.4 is 10.2 Å².